The molecule has 0 spiro atoms. The summed E-state index contributed by atoms with van der Waals surface area (Å²) in [5.41, 5.74) is 8.15. The first kappa shape index (κ1) is 21.2. The minimum absolute atomic E-state index is 0.122. The zero-order valence-electron chi connectivity index (χ0n) is 18.1. The molecule has 0 saturated heterocycles. The quantitative estimate of drug-likeness (QED) is 0.428. The van der Waals surface area contributed by atoms with Gasteiger partial charge in [0, 0.05) is 36.2 Å². The van der Waals surface area contributed by atoms with Crippen molar-refractivity contribution in [1.29, 1.82) is 0 Å². The molecule has 1 fully saturated rings. The van der Waals surface area contributed by atoms with Gasteiger partial charge in [0.25, 0.3) is 0 Å². The third-order valence-electron chi connectivity index (χ3n) is 6.14. The lowest BCUT2D eigenvalue weighted by atomic mass is 10.0. The summed E-state index contributed by atoms with van der Waals surface area (Å²) in [6, 6.07) is 6.05. The largest absolute Gasteiger partial charge is 0.492 e. The minimum atomic E-state index is -0.636. The van der Waals surface area contributed by atoms with Crippen LogP contribution >= 0.6 is 0 Å². The van der Waals surface area contributed by atoms with E-state index in [2.05, 4.69) is 14.9 Å². The summed E-state index contributed by atoms with van der Waals surface area (Å²) >= 11 is 0. The number of nitrogen functional groups attached to an aromatic ring is 1. The summed E-state index contributed by atoms with van der Waals surface area (Å²) < 4.78 is 23.1. The highest BCUT2D eigenvalue weighted by molar-refractivity contribution is 6.00. The summed E-state index contributed by atoms with van der Waals surface area (Å²) in [5.74, 6) is -0.300. The van der Waals surface area contributed by atoms with Crippen molar-refractivity contribution in [3.05, 3.63) is 57.9 Å². The molecule has 1 aromatic carbocycles. The van der Waals surface area contributed by atoms with Crippen LogP contribution in [0.2, 0.25) is 0 Å². The van der Waals surface area contributed by atoms with E-state index in [1.807, 2.05) is 24.4 Å². The monoisotopic (exact) mass is 424 g/mol. The van der Waals surface area contributed by atoms with Crippen LogP contribution in [0, 0.1) is 12.7 Å². The van der Waals surface area contributed by atoms with E-state index in [-0.39, 0.29) is 28.2 Å². The molecule has 164 valence electrons. The highest BCUT2D eigenvalue weighted by Crippen LogP contribution is 2.42. The predicted molar refractivity (Wildman–Crippen MR) is 122 cm³/mol. The van der Waals surface area contributed by atoms with Crippen molar-refractivity contribution in [3.8, 4) is 5.75 Å². The van der Waals surface area contributed by atoms with Gasteiger partial charge in [-0.3, -0.25) is 9.78 Å². The third kappa shape index (κ3) is 3.96. The zero-order valence-corrected chi connectivity index (χ0v) is 18.1. The molecule has 1 saturated carbocycles. The average molecular weight is 425 g/mol. The van der Waals surface area contributed by atoms with E-state index >= 15 is 4.39 Å². The minimum Gasteiger partial charge on any atom is -0.492 e. The fraction of sp³-hybridized carbons (Fsp3) is 0.417. The van der Waals surface area contributed by atoms with E-state index < -0.39 is 5.82 Å². The molecule has 0 bridgehead atoms. The molecule has 0 aliphatic heterocycles. The molecule has 2 heterocycles. The highest BCUT2D eigenvalue weighted by Gasteiger charge is 2.27. The fourth-order valence-electron chi connectivity index (χ4n) is 4.56. The third-order valence-corrected chi connectivity index (χ3v) is 6.14. The van der Waals surface area contributed by atoms with Gasteiger partial charge in [-0.2, -0.15) is 0 Å². The standard InChI is InChI=1S/C24H29FN4O2/c1-15-14-29(17-10-3-4-11-17)22-18(23(15)30)20(26)19(25)21(24(22)31-2)28-13-7-9-16-8-5-6-12-27-16/h5-6,8,12,14,17,28H,3-4,7,9-11,13,26H2,1-2H3. The van der Waals surface area contributed by atoms with Gasteiger partial charge in [-0.05, 0) is 44.7 Å². The molecular weight excluding hydrogens is 395 g/mol. The Bertz CT molecular complexity index is 1140. The van der Waals surface area contributed by atoms with Crippen molar-refractivity contribution < 1.29 is 9.13 Å². The smallest absolute Gasteiger partial charge is 0.194 e. The summed E-state index contributed by atoms with van der Waals surface area (Å²) in [4.78, 5) is 17.2. The van der Waals surface area contributed by atoms with Gasteiger partial charge in [-0.25, -0.2) is 4.39 Å². The van der Waals surface area contributed by atoms with E-state index in [4.69, 9.17) is 10.5 Å². The predicted octanol–water partition coefficient (Wildman–Crippen LogP) is 4.59. The number of hydrogen-bond acceptors (Lipinski definition) is 5. The number of nitrogens with two attached hydrogens (primary N) is 1. The number of aromatic nitrogens is 2. The van der Waals surface area contributed by atoms with Crippen LogP contribution in [-0.4, -0.2) is 23.2 Å². The van der Waals surface area contributed by atoms with Crippen molar-refractivity contribution in [2.45, 2.75) is 51.5 Å². The Morgan fingerprint density at radius 1 is 1.32 bits per heavy atom. The maximum absolute atomic E-state index is 15.3. The van der Waals surface area contributed by atoms with Crippen molar-refractivity contribution in [1.82, 2.24) is 9.55 Å². The Morgan fingerprint density at radius 3 is 2.77 bits per heavy atom. The Kier molecular flexibility index (Phi) is 6.11. The number of fused-ring (bicyclic) bond motifs is 1. The van der Waals surface area contributed by atoms with Crippen LogP contribution in [0.15, 0.2) is 35.4 Å². The second-order valence-corrected chi connectivity index (χ2v) is 8.20. The van der Waals surface area contributed by atoms with Gasteiger partial charge in [0.05, 0.1) is 23.7 Å². The molecule has 31 heavy (non-hydrogen) atoms. The number of benzene rings is 1. The lowest BCUT2D eigenvalue weighted by molar-refractivity contribution is 0.412. The number of nitrogens with zero attached hydrogens (tertiary/aromatic N) is 2. The Balaban J connectivity index is 1.75. The Hall–Kier alpha value is -3.09. The summed E-state index contributed by atoms with van der Waals surface area (Å²) in [5, 5.41) is 3.37. The Morgan fingerprint density at radius 2 is 2.10 bits per heavy atom. The number of aryl methyl sites for hydroxylation is 2. The van der Waals surface area contributed by atoms with Gasteiger partial charge >= 0.3 is 0 Å². The van der Waals surface area contributed by atoms with Gasteiger partial charge in [0.1, 0.15) is 5.69 Å². The first-order chi connectivity index (χ1) is 15.0. The van der Waals surface area contributed by atoms with Crippen LogP contribution in [0.1, 0.15) is 49.4 Å². The molecule has 3 aromatic rings. The van der Waals surface area contributed by atoms with Gasteiger partial charge in [0.2, 0.25) is 0 Å². The van der Waals surface area contributed by atoms with Gasteiger partial charge in [-0.15, -0.1) is 0 Å². The maximum Gasteiger partial charge on any atom is 0.194 e. The molecule has 0 unspecified atom stereocenters. The van der Waals surface area contributed by atoms with Crippen molar-refractivity contribution in [2.24, 2.45) is 0 Å². The topological polar surface area (TPSA) is 82.2 Å². The number of hydrogen-bond donors (Lipinski definition) is 2. The first-order valence-electron chi connectivity index (χ1n) is 10.9. The van der Waals surface area contributed by atoms with Crippen LogP contribution in [0.3, 0.4) is 0 Å². The number of anilines is 2. The second-order valence-electron chi connectivity index (χ2n) is 8.20. The van der Waals surface area contributed by atoms with E-state index in [0.29, 0.717) is 23.4 Å². The van der Waals surface area contributed by atoms with Crippen LogP contribution in [0.25, 0.3) is 10.9 Å². The molecule has 0 atom stereocenters. The molecule has 6 nitrogen and oxygen atoms in total. The van der Waals surface area contributed by atoms with Crippen LogP contribution < -0.4 is 21.2 Å². The number of rotatable bonds is 7. The molecule has 0 amide bonds. The van der Waals surface area contributed by atoms with E-state index in [9.17, 15) is 4.79 Å². The van der Waals surface area contributed by atoms with Crippen LogP contribution in [0.5, 0.6) is 5.75 Å². The zero-order chi connectivity index (χ0) is 22.0. The van der Waals surface area contributed by atoms with E-state index in [1.165, 1.54) is 7.11 Å². The number of ether oxygens (including phenoxy) is 1. The summed E-state index contributed by atoms with van der Waals surface area (Å²) in [6.07, 6.45) is 9.47. The number of pyridine rings is 2. The molecule has 0 radical (unpaired) electrons. The normalized spacial score (nSPS) is 14.3. The lowest BCUT2D eigenvalue weighted by Gasteiger charge is -2.23. The summed E-state index contributed by atoms with van der Waals surface area (Å²) in [6.45, 7) is 2.27. The van der Waals surface area contributed by atoms with Crippen molar-refractivity contribution in [3.63, 3.8) is 0 Å². The molecule has 7 heteroatoms. The first-order valence-corrected chi connectivity index (χ1v) is 10.9. The molecule has 2 aromatic heterocycles. The molecule has 4 rings (SSSR count). The fourth-order valence-corrected chi connectivity index (χ4v) is 4.56. The Labute approximate surface area is 181 Å². The number of halogens is 1. The highest BCUT2D eigenvalue weighted by atomic mass is 19.1. The van der Waals surface area contributed by atoms with E-state index in [1.54, 1.807) is 13.1 Å². The van der Waals surface area contributed by atoms with Gasteiger partial charge in [-0.1, -0.05) is 18.9 Å². The molecule has 3 N–H and O–H groups in total. The van der Waals surface area contributed by atoms with Crippen molar-refractivity contribution >= 4 is 22.3 Å². The molecule has 1 aliphatic carbocycles. The lowest BCUT2D eigenvalue weighted by Crippen LogP contribution is -2.19. The molecular formula is C24H29FN4O2. The van der Waals surface area contributed by atoms with Gasteiger partial charge < -0.3 is 20.4 Å². The maximum atomic E-state index is 15.3. The van der Waals surface area contributed by atoms with E-state index in [0.717, 1.165) is 44.2 Å². The second kappa shape index (κ2) is 8.96. The average Bonchev–Trinajstić information content (AvgIpc) is 3.32. The van der Waals surface area contributed by atoms with Crippen LogP contribution in [0.4, 0.5) is 15.8 Å². The molecule has 1 aliphatic rings. The SMILES string of the molecule is COc1c(NCCCc2ccccn2)c(F)c(N)c2c(=O)c(C)cn(C3CCCC3)c12. The van der Waals surface area contributed by atoms with Gasteiger partial charge in [0.15, 0.2) is 17.0 Å². The van der Waals surface area contributed by atoms with Crippen LogP contribution in [-0.2, 0) is 6.42 Å². The summed E-state index contributed by atoms with van der Waals surface area (Å²) in [7, 11) is 1.51. The van der Waals surface area contributed by atoms with Crippen molar-refractivity contribution in [2.75, 3.05) is 24.7 Å². The number of methoxy groups -OCH3 is 1. The number of nitrogens with one attached hydrogen (secondary N) is 1.